The minimum atomic E-state index is -0.440. The van der Waals surface area contributed by atoms with Crippen LogP contribution in [0, 0.1) is 0 Å². The Balaban J connectivity index is 2.11. The number of hydrogen-bond donors (Lipinski definition) is 2. The van der Waals surface area contributed by atoms with E-state index < -0.39 is 5.91 Å². The first-order valence-electron chi connectivity index (χ1n) is 7.51. The third kappa shape index (κ3) is 9.05. The van der Waals surface area contributed by atoms with Crippen molar-refractivity contribution in [3.8, 4) is 5.75 Å². The molecular formula is C16H26N2O3. The quantitative estimate of drug-likeness (QED) is 0.577. The maximum atomic E-state index is 10.5. The molecule has 0 heterocycles. The number of amides is 1. The molecule has 0 aliphatic rings. The first-order valence-corrected chi connectivity index (χ1v) is 7.51. The number of unbranched alkanes of at least 4 members (excludes halogenated alkanes) is 2. The average molecular weight is 294 g/mol. The number of nitrogens with two attached hydrogens (primary N) is 1. The van der Waals surface area contributed by atoms with Crippen molar-refractivity contribution in [2.45, 2.75) is 32.7 Å². The molecule has 0 radical (unpaired) electrons. The summed E-state index contributed by atoms with van der Waals surface area (Å²) >= 11 is 0. The van der Waals surface area contributed by atoms with Gasteiger partial charge in [0.15, 0.2) is 0 Å². The molecule has 1 aromatic carbocycles. The van der Waals surface area contributed by atoms with Gasteiger partial charge in [0, 0.05) is 13.1 Å². The van der Waals surface area contributed by atoms with Gasteiger partial charge in [-0.05, 0) is 24.1 Å². The molecule has 0 spiro atoms. The highest BCUT2D eigenvalue weighted by atomic mass is 16.5. The van der Waals surface area contributed by atoms with E-state index in [4.69, 9.17) is 15.2 Å². The van der Waals surface area contributed by atoms with E-state index in [9.17, 15) is 4.79 Å². The van der Waals surface area contributed by atoms with Crippen LogP contribution in [0.2, 0.25) is 0 Å². The molecule has 5 nitrogen and oxygen atoms in total. The summed E-state index contributed by atoms with van der Waals surface area (Å²) in [5.41, 5.74) is 6.15. The minimum Gasteiger partial charge on any atom is -0.494 e. The number of ether oxygens (including phenoxy) is 2. The van der Waals surface area contributed by atoms with E-state index >= 15 is 0 Å². The Hall–Kier alpha value is -1.59. The third-order valence-corrected chi connectivity index (χ3v) is 2.94. The first-order chi connectivity index (χ1) is 10.2. The van der Waals surface area contributed by atoms with Gasteiger partial charge in [0.05, 0.1) is 13.2 Å². The van der Waals surface area contributed by atoms with Crippen LogP contribution in [0.25, 0.3) is 0 Å². The predicted molar refractivity (Wildman–Crippen MR) is 83.2 cm³/mol. The van der Waals surface area contributed by atoms with Gasteiger partial charge in [0.25, 0.3) is 0 Å². The largest absolute Gasteiger partial charge is 0.494 e. The van der Waals surface area contributed by atoms with Gasteiger partial charge in [-0.2, -0.15) is 0 Å². The fourth-order valence-corrected chi connectivity index (χ4v) is 1.80. The van der Waals surface area contributed by atoms with Crippen molar-refractivity contribution in [3.63, 3.8) is 0 Å². The summed E-state index contributed by atoms with van der Waals surface area (Å²) in [6.45, 7) is 4.86. The van der Waals surface area contributed by atoms with E-state index in [-0.39, 0.29) is 6.61 Å². The second kappa shape index (κ2) is 11.1. The summed E-state index contributed by atoms with van der Waals surface area (Å²) < 4.78 is 10.7. The van der Waals surface area contributed by atoms with Crippen molar-refractivity contribution in [1.82, 2.24) is 5.32 Å². The van der Waals surface area contributed by atoms with E-state index in [2.05, 4.69) is 12.2 Å². The van der Waals surface area contributed by atoms with Gasteiger partial charge in [-0.3, -0.25) is 4.79 Å². The van der Waals surface area contributed by atoms with Crippen molar-refractivity contribution >= 4 is 5.91 Å². The number of rotatable bonds is 12. The van der Waals surface area contributed by atoms with Crippen molar-refractivity contribution < 1.29 is 14.3 Å². The lowest BCUT2D eigenvalue weighted by Crippen LogP contribution is -2.23. The summed E-state index contributed by atoms with van der Waals surface area (Å²) in [4.78, 5) is 10.5. The first kappa shape index (κ1) is 17.5. The van der Waals surface area contributed by atoms with Crippen LogP contribution < -0.4 is 15.8 Å². The third-order valence-electron chi connectivity index (χ3n) is 2.94. The van der Waals surface area contributed by atoms with Gasteiger partial charge < -0.3 is 20.5 Å². The molecule has 3 N–H and O–H groups in total. The maximum Gasteiger partial charge on any atom is 0.243 e. The van der Waals surface area contributed by atoms with Gasteiger partial charge in [0.1, 0.15) is 12.4 Å². The molecule has 21 heavy (non-hydrogen) atoms. The second-order valence-electron chi connectivity index (χ2n) is 4.90. The van der Waals surface area contributed by atoms with Crippen LogP contribution in [0.3, 0.4) is 0 Å². The van der Waals surface area contributed by atoms with Gasteiger partial charge >= 0.3 is 0 Å². The van der Waals surface area contributed by atoms with E-state index in [0.29, 0.717) is 13.2 Å². The van der Waals surface area contributed by atoms with Crippen LogP contribution in [0.15, 0.2) is 24.3 Å². The summed E-state index contributed by atoms with van der Waals surface area (Å²) in [7, 11) is 0. The Labute approximate surface area is 126 Å². The van der Waals surface area contributed by atoms with Gasteiger partial charge in [0.2, 0.25) is 5.91 Å². The molecule has 0 aromatic heterocycles. The summed E-state index contributed by atoms with van der Waals surface area (Å²) in [6.07, 6.45) is 3.52. The topological polar surface area (TPSA) is 73.6 Å². The van der Waals surface area contributed by atoms with Gasteiger partial charge in [-0.15, -0.1) is 0 Å². The molecule has 1 amide bonds. The highest BCUT2D eigenvalue weighted by molar-refractivity contribution is 5.74. The van der Waals surface area contributed by atoms with Crippen molar-refractivity contribution in [2.24, 2.45) is 5.73 Å². The van der Waals surface area contributed by atoms with E-state index in [1.165, 1.54) is 18.4 Å². The fourth-order valence-electron chi connectivity index (χ4n) is 1.80. The average Bonchev–Trinajstić information content (AvgIpc) is 2.48. The molecule has 118 valence electrons. The maximum absolute atomic E-state index is 10.5. The molecule has 0 atom stereocenters. The zero-order chi connectivity index (χ0) is 15.3. The Kier molecular flexibility index (Phi) is 9.24. The monoisotopic (exact) mass is 294 g/mol. The lowest BCUT2D eigenvalue weighted by molar-refractivity contribution is -0.122. The number of nitrogens with one attached hydrogen (secondary N) is 1. The molecule has 0 unspecified atom stereocenters. The Bertz CT molecular complexity index is 393. The molecule has 0 aliphatic carbocycles. The van der Waals surface area contributed by atoms with Crippen molar-refractivity contribution in [2.75, 3.05) is 26.4 Å². The molecule has 0 saturated carbocycles. The molecule has 0 fully saturated rings. The van der Waals surface area contributed by atoms with E-state index in [1.807, 2.05) is 24.3 Å². The fraction of sp³-hybridized carbons (Fsp3) is 0.562. The number of primary amides is 1. The van der Waals surface area contributed by atoms with Crippen LogP contribution in [-0.2, 0) is 16.1 Å². The smallest absolute Gasteiger partial charge is 0.243 e. The number of benzene rings is 1. The highest BCUT2D eigenvalue weighted by Crippen LogP contribution is 2.12. The molecule has 0 bridgehead atoms. The lowest BCUT2D eigenvalue weighted by Gasteiger charge is -2.08. The summed E-state index contributed by atoms with van der Waals surface area (Å²) in [6, 6.07) is 8.08. The standard InChI is InChI=1S/C16H26N2O3/c1-2-3-4-10-21-15-7-5-14(6-8-15)12-18-9-11-20-13-16(17)19/h5-8,18H,2-4,9-13H2,1H3,(H2,17,19). The number of carbonyl (C=O) groups is 1. The molecule has 0 saturated heterocycles. The van der Waals surface area contributed by atoms with E-state index in [1.54, 1.807) is 0 Å². The molecular weight excluding hydrogens is 268 g/mol. The van der Waals surface area contributed by atoms with Crippen molar-refractivity contribution in [1.29, 1.82) is 0 Å². The zero-order valence-electron chi connectivity index (χ0n) is 12.8. The van der Waals surface area contributed by atoms with Crippen LogP contribution in [0.4, 0.5) is 0 Å². The molecule has 1 rings (SSSR count). The lowest BCUT2D eigenvalue weighted by atomic mass is 10.2. The molecule has 0 aliphatic heterocycles. The Morgan fingerprint density at radius 3 is 2.62 bits per heavy atom. The summed E-state index contributed by atoms with van der Waals surface area (Å²) in [5, 5.41) is 3.24. The molecule has 5 heteroatoms. The van der Waals surface area contributed by atoms with Crippen LogP contribution in [0.5, 0.6) is 5.75 Å². The zero-order valence-corrected chi connectivity index (χ0v) is 12.8. The Morgan fingerprint density at radius 2 is 1.95 bits per heavy atom. The van der Waals surface area contributed by atoms with Crippen molar-refractivity contribution in [3.05, 3.63) is 29.8 Å². The SMILES string of the molecule is CCCCCOc1ccc(CNCCOCC(N)=O)cc1. The van der Waals surface area contributed by atoms with Gasteiger partial charge in [-0.25, -0.2) is 0 Å². The van der Waals surface area contributed by atoms with Crippen LogP contribution >= 0.6 is 0 Å². The number of carbonyl (C=O) groups excluding carboxylic acids is 1. The molecule has 1 aromatic rings. The second-order valence-corrected chi connectivity index (χ2v) is 4.90. The predicted octanol–water partition coefficient (Wildman–Crippen LogP) is 1.85. The highest BCUT2D eigenvalue weighted by Gasteiger charge is 1.97. The normalized spacial score (nSPS) is 10.5. The van der Waals surface area contributed by atoms with Crippen LogP contribution in [-0.4, -0.2) is 32.3 Å². The number of hydrogen-bond acceptors (Lipinski definition) is 4. The van der Waals surface area contributed by atoms with E-state index in [0.717, 1.165) is 25.3 Å². The van der Waals surface area contributed by atoms with Gasteiger partial charge in [-0.1, -0.05) is 31.9 Å². The summed E-state index contributed by atoms with van der Waals surface area (Å²) in [5.74, 6) is 0.476. The van der Waals surface area contributed by atoms with Crippen LogP contribution in [0.1, 0.15) is 31.7 Å². The minimum absolute atomic E-state index is 0.0221. The Morgan fingerprint density at radius 1 is 1.19 bits per heavy atom.